The lowest BCUT2D eigenvalue weighted by Crippen LogP contribution is -2.15. The Morgan fingerprint density at radius 1 is 0.463 bits per heavy atom. The topological polar surface area (TPSA) is 215 Å². The summed E-state index contributed by atoms with van der Waals surface area (Å²) in [7, 11) is 5.17. The number of nitriles is 3. The van der Waals surface area contributed by atoms with Crippen LogP contribution in [0.1, 0.15) is 48.2 Å². The summed E-state index contributed by atoms with van der Waals surface area (Å²) in [4.78, 5) is 34.6. The number of aromatic nitrogens is 3. The number of hydrogen-bond donors (Lipinski definition) is 3. The number of primary amides is 3. The summed E-state index contributed by atoms with van der Waals surface area (Å²) in [5.41, 5.74) is 25.0. The maximum Gasteiger partial charge on any atom is 0.265 e. The molecule has 9 rings (SSSR count). The number of benzene rings is 6. The zero-order valence-electron chi connectivity index (χ0n) is 35.7. The van der Waals surface area contributed by atoms with Crippen LogP contribution in [0.2, 0.25) is 5.02 Å². The number of hydrogen-bond acceptors (Lipinski definition) is 6. The van der Waals surface area contributed by atoms with Crippen molar-refractivity contribution in [3.05, 3.63) is 178 Å². The van der Waals surface area contributed by atoms with Crippen molar-refractivity contribution in [1.29, 1.82) is 15.8 Å². The second-order valence-electron chi connectivity index (χ2n) is 15.2. The molecule has 3 heterocycles. The Morgan fingerprint density at radius 3 is 1.12 bits per heavy atom. The van der Waals surface area contributed by atoms with Crippen LogP contribution >= 0.6 is 11.6 Å². The first kappa shape index (κ1) is 45.9. The van der Waals surface area contributed by atoms with Crippen molar-refractivity contribution in [2.24, 2.45) is 38.3 Å². The number of fused-ring (bicyclic) bond motifs is 3. The predicted octanol–water partition coefficient (Wildman–Crippen LogP) is 9.52. The van der Waals surface area contributed by atoms with Gasteiger partial charge in [-0.05, 0) is 108 Å². The van der Waals surface area contributed by atoms with E-state index in [1.165, 1.54) is 18.2 Å². The zero-order valence-corrected chi connectivity index (χ0v) is 36.5. The largest absolute Gasteiger partial charge is 0.364 e. The lowest BCUT2D eigenvalue weighted by atomic mass is 10.00. The number of nitrogens with zero attached hydrogens (tertiary/aromatic N) is 6. The molecule has 0 unspecified atom stereocenters. The number of nitrogens with two attached hydrogens (primary N) is 3. The average molecular weight is 914 g/mol. The second kappa shape index (κ2) is 18.6. The van der Waals surface area contributed by atoms with Crippen LogP contribution in [0.25, 0.3) is 66.1 Å². The summed E-state index contributed by atoms with van der Waals surface area (Å²) in [6, 6.07) is 38.2. The Labute approximate surface area is 385 Å². The number of carbonyl (C=O) groups is 3. The van der Waals surface area contributed by atoms with Crippen LogP contribution in [0.3, 0.4) is 0 Å². The minimum atomic E-state index is -0.984. The molecule has 0 radical (unpaired) electrons. The highest BCUT2D eigenvalue weighted by Gasteiger charge is 2.19. The van der Waals surface area contributed by atoms with E-state index in [0.717, 1.165) is 56.2 Å². The molecule has 3 aromatic heterocycles. The van der Waals surface area contributed by atoms with Gasteiger partial charge in [0, 0.05) is 59.0 Å². The monoisotopic (exact) mass is 913 g/mol. The fraction of sp³-hybridized carbons (Fsp3) is 0.0588. The third-order valence-electron chi connectivity index (χ3n) is 11.1. The van der Waals surface area contributed by atoms with Gasteiger partial charge in [0.05, 0.1) is 51.4 Å². The number of aryl methyl sites for hydroxylation is 3. The molecule has 0 bridgehead atoms. The molecule has 6 N–H and O–H groups in total. The van der Waals surface area contributed by atoms with Gasteiger partial charge in [0.2, 0.25) is 0 Å². The van der Waals surface area contributed by atoms with Crippen molar-refractivity contribution in [3.8, 4) is 51.6 Å². The maximum absolute atomic E-state index is 13.6. The van der Waals surface area contributed by atoms with Gasteiger partial charge in [0.1, 0.15) is 22.9 Å². The van der Waals surface area contributed by atoms with Crippen LogP contribution in [-0.2, 0) is 21.1 Å². The fourth-order valence-electron chi connectivity index (χ4n) is 8.00. The van der Waals surface area contributed by atoms with Gasteiger partial charge in [-0.15, -0.1) is 0 Å². The zero-order chi connectivity index (χ0) is 48.4. The minimum Gasteiger partial charge on any atom is -0.364 e. The van der Waals surface area contributed by atoms with Gasteiger partial charge in [-0.2, -0.15) is 15.8 Å². The smallest absolute Gasteiger partial charge is 0.265 e. The summed E-state index contributed by atoms with van der Waals surface area (Å²) in [5.74, 6) is -3.92. The van der Waals surface area contributed by atoms with E-state index in [4.69, 9.17) is 34.1 Å². The molecule has 9 aromatic rings. The minimum absolute atomic E-state index is 0.263. The molecular weight excluding hydrogens is 879 g/mol. The average Bonchev–Trinajstić information content (AvgIpc) is 3.97. The standard InChI is InChI=1S/C17H12ClN3O.C17H11F2N3O.C17H12FN3O/c1-21-15(17(20)22)8-12-6-10(9-19)7-14(16(12)21)11-2-4-13(18)5-3-11;1-22-15(17(21)23)7-11-4-9(8-20)5-12(16(11)22)10-2-3-13(18)14(19)6-10;1-21-15(17(20)22)8-12-6-10(9-19)7-14(16(12)21)11-2-4-13(18)5-3-11/h2-8H,1H3,(H2,20,22);2-7H,1H3,(H2,21,23);2-8H,1H3,(H2,20,22). The summed E-state index contributed by atoms with van der Waals surface area (Å²) in [6.07, 6.45) is 0. The van der Waals surface area contributed by atoms with Gasteiger partial charge in [-0.1, -0.05) is 41.9 Å². The molecular formula is C51H35ClF3N9O3. The molecule has 330 valence electrons. The van der Waals surface area contributed by atoms with Crippen molar-refractivity contribution < 1.29 is 27.6 Å². The highest BCUT2D eigenvalue weighted by atomic mass is 35.5. The molecule has 12 nitrogen and oxygen atoms in total. The van der Waals surface area contributed by atoms with Crippen LogP contribution < -0.4 is 17.2 Å². The van der Waals surface area contributed by atoms with E-state index in [2.05, 4.69) is 12.1 Å². The van der Waals surface area contributed by atoms with E-state index in [0.29, 0.717) is 55.1 Å². The van der Waals surface area contributed by atoms with Gasteiger partial charge < -0.3 is 30.9 Å². The van der Waals surface area contributed by atoms with Crippen LogP contribution in [0, 0.1) is 51.4 Å². The predicted molar refractivity (Wildman–Crippen MR) is 250 cm³/mol. The molecule has 0 aliphatic rings. The number of halogens is 4. The lowest BCUT2D eigenvalue weighted by molar-refractivity contribution is 0.0984. The second-order valence-corrected chi connectivity index (χ2v) is 15.7. The van der Waals surface area contributed by atoms with Crippen LogP contribution in [0.5, 0.6) is 0 Å². The van der Waals surface area contributed by atoms with E-state index < -0.39 is 29.4 Å². The first-order chi connectivity index (χ1) is 31.9. The molecule has 0 atom stereocenters. The highest BCUT2D eigenvalue weighted by molar-refractivity contribution is 6.30. The van der Waals surface area contributed by atoms with E-state index in [-0.39, 0.29) is 11.5 Å². The van der Waals surface area contributed by atoms with Crippen molar-refractivity contribution in [2.45, 2.75) is 0 Å². The molecule has 16 heteroatoms. The highest BCUT2D eigenvalue weighted by Crippen LogP contribution is 2.35. The first-order valence-corrected chi connectivity index (χ1v) is 20.3. The van der Waals surface area contributed by atoms with Gasteiger partial charge in [0.15, 0.2) is 11.6 Å². The van der Waals surface area contributed by atoms with E-state index in [9.17, 15) is 38.1 Å². The molecule has 0 spiro atoms. The summed E-state index contributed by atoms with van der Waals surface area (Å²) >= 11 is 5.93. The van der Waals surface area contributed by atoms with Crippen molar-refractivity contribution in [3.63, 3.8) is 0 Å². The summed E-state index contributed by atoms with van der Waals surface area (Å²) in [6.45, 7) is 0. The molecule has 0 fully saturated rings. The molecule has 6 aromatic carbocycles. The van der Waals surface area contributed by atoms with Crippen molar-refractivity contribution >= 4 is 62.0 Å². The van der Waals surface area contributed by atoms with Gasteiger partial charge in [0.25, 0.3) is 17.7 Å². The Balaban J connectivity index is 0.000000149. The molecule has 0 saturated heterocycles. The van der Waals surface area contributed by atoms with Crippen LogP contribution in [-0.4, -0.2) is 31.4 Å². The number of rotatable bonds is 6. The van der Waals surface area contributed by atoms with E-state index >= 15 is 0 Å². The van der Waals surface area contributed by atoms with Crippen molar-refractivity contribution in [1.82, 2.24) is 13.7 Å². The van der Waals surface area contributed by atoms with Crippen molar-refractivity contribution in [2.75, 3.05) is 0 Å². The SMILES string of the molecule is Cn1c(C(N)=O)cc2cc(C#N)cc(-c3ccc(Cl)cc3)c21.Cn1c(C(N)=O)cc2cc(C#N)cc(-c3ccc(F)c(F)c3)c21.Cn1c(C(N)=O)cc2cc(C#N)cc(-c3ccc(F)cc3)c21. The van der Waals surface area contributed by atoms with Crippen LogP contribution in [0.15, 0.2) is 121 Å². The lowest BCUT2D eigenvalue weighted by Gasteiger charge is -2.09. The summed E-state index contributed by atoms with van der Waals surface area (Å²) in [5, 5.41) is 30.4. The maximum atomic E-state index is 13.6. The number of carbonyl (C=O) groups excluding carboxylic acids is 3. The third kappa shape index (κ3) is 9.02. The first-order valence-electron chi connectivity index (χ1n) is 19.9. The molecule has 0 aliphatic carbocycles. The van der Waals surface area contributed by atoms with Gasteiger partial charge in [-0.25, -0.2) is 13.2 Å². The molecule has 0 aliphatic heterocycles. The Hall–Kier alpha value is -9.10. The van der Waals surface area contributed by atoms with Gasteiger partial charge >= 0.3 is 0 Å². The third-order valence-corrected chi connectivity index (χ3v) is 11.3. The van der Waals surface area contributed by atoms with E-state index in [1.807, 2.05) is 18.2 Å². The van der Waals surface area contributed by atoms with E-state index in [1.54, 1.807) is 114 Å². The van der Waals surface area contributed by atoms with Gasteiger partial charge in [-0.3, -0.25) is 14.4 Å². The quantitative estimate of drug-likeness (QED) is 0.148. The normalized spacial score (nSPS) is 10.6. The van der Waals surface area contributed by atoms with Crippen LogP contribution in [0.4, 0.5) is 13.2 Å². The Bertz CT molecular complexity index is 3470. The molecule has 67 heavy (non-hydrogen) atoms. The summed E-state index contributed by atoms with van der Waals surface area (Å²) < 4.78 is 44.9. The molecule has 3 amide bonds. The number of amides is 3. The Morgan fingerprint density at radius 2 is 0.791 bits per heavy atom. The Kier molecular flexibility index (Phi) is 12.7. The fourth-order valence-corrected chi connectivity index (χ4v) is 8.13. The molecule has 0 saturated carbocycles.